The van der Waals surface area contributed by atoms with Gasteiger partial charge >= 0.3 is 0 Å². The third-order valence-electron chi connectivity index (χ3n) is 3.91. The molecule has 1 aliphatic rings. The molecule has 0 saturated carbocycles. The molecule has 0 bridgehead atoms. The lowest BCUT2D eigenvalue weighted by atomic mass is 10.1. The van der Waals surface area contributed by atoms with Crippen LogP contribution in [0, 0.1) is 0 Å². The van der Waals surface area contributed by atoms with Crippen molar-refractivity contribution >= 4 is 44.5 Å². The number of halogens is 1. The molecule has 0 unspecified atom stereocenters. The van der Waals surface area contributed by atoms with E-state index in [1.165, 1.54) is 11.8 Å². The molecule has 7 heteroatoms. The lowest BCUT2D eigenvalue weighted by Gasteiger charge is -2.05. The Morgan fingerprint density at radius 1 is 1.19 bits per heavy atom. The number of thioether (sulfide) groups is 1. The first kappa shape index (κ1) is 18.7. The summed E-state index contributed by atoms with van der Waals surface area (Å²) in [6, 6.07) is 15.6. The zero-order chi connectivity index (χ0) is 18.5. The summed E-state index contributed by atoms with van der Waals surface area (Å²) in [6.45, 7) is 1.88. The normalized spacial score (nSPS) is 18.9. The van der Waals surface area contributed by atoms with E-state index in [2.05, 4.69) is 31.4 Å². The highest BCUT2D eigenvalue weighted by molar-refractivity contribution is 9.10. The second-order valence-corrected chi connectivity index (χ2v) is 7.85. The van der Waals surface area contributed by atoms with Crippen LogP contribution in [0.15, 0.2) is 63.2 Å². The van der Waals surface area contributed by atoms with Crippen LogP contribution in [0.5, 0.6) is 5.75 Å². The minimum atomic E-state index is -0.189. The van der Waals surface area contributed by atoms with Crippen molar-refractivity contribution in [2.45, 2.75) is 18.6 Å². The molecule has 1 saturated heterocycles. The lowest BCUT2D eigenvalue weighted by molar-refractivity contribution is -0.118. The van der Waals surface area contributed by atoms with Crippen molar-refractivity contribution in [3.8, 4) is 5.75 Å². The Kier molecular flexibility index (Phi) is 6.11. The van der Waals surface area contributed by atoms with E-state index >= 15 is 0 Å². The first-order valence-electron chi connectivity index (χ1n) is 8.04. The van der Waals surface area contributed by atoms with Gasteiger partial charge in [0, 0.05) is 4.47 Å². The van der Waals surface area contributed by atoms with Gasteiger partial charge in [-0.15, -0.1) is 5.10 Å². The van der Waals surface area contributed by atoms with Crippen LogP contribution < -0.4 is 10.1 Å². The maximum Gasteiger partial charge on any atom is 0.239 e. The zero-order valence-corrected chi connectivity index (χ0v) is 16.8. The summed E-state index contributed by atoms with van der Waals surface area (Å²) < 4.78 is 6.17. The van der Waals surface area contributed by atoms with Gasteiger partial charge in [0.05, 0.1) is 18.1 Å². The predicted molar refractivity (Wildman–Crippen MR) is 110 cm³/mol. The molecule has 1 fully saturated rings. The Morgan fingerprint density at radius 2 is 1.88 bits per heavy atom. The van der Waals surface area contributed by atoms with E-state index in [0.29, 0.717) is 11.6 Å². The molecule has 0 radical (unpaired) electrons. The molecule has 1 N–H and O–H groups in total. The van der Waals surface area contributed by atoms with Crippen molar-refractivity contribution in [2.75, 3.05) is 7.11 Å². The van der Waals surface area contributed by atoms with E-state index in [9.17, 15) is 4.79 Å². The minimum Gasteiger partial charge on any atom is -0.497 e. The Bertz CT molecular complexity index is 848. The molecule has 1 amide bonds. The van der Waals surface area contributed by atoms with E-state index in [4.69, 9.17) is 4.74 Å². The SMILES string of the molecule is COc1ccc(/C(C)=N/N=C2/NC(=O)[C@H](Cc3ccc(Br)cc3)S2)cc1. The third kappa shape index (κ3) is 4.74. The van der Waals surface area contributed by atoms with E-state index in [1.807, 2.05) is 55.5 Å². The van der Waals surface area contributed by atoms with Crippen molar-refractivity contribution < 1.29 is 9.53 Å². The molecule has 1 aliphatic heterocycles. The fraction of sp³-hybridized carbons (Fsp3) is 0.211. The van der Waals surface area contributed by atoms with Gasteiger partial charge in [0.25, 0.3) is 0 Å². The van der Waals surface area contributed by atoms with Crippen LogP contribution in [0.25, 0.3) is 0 Å². The average Bonchev–Trinajstić information content (AvgIpc) is 3.01. The Balaban J connectivity index is 1.65. The van der Waals surface area contributed by atoms with Crippen molar-refractivity contribution in [1.29, 1.82) is 0 Å². The summed E-state index contributed by atoms with van der Waals surface area (Å²) in [7, 11) is 1.63. The van der Waals surface area contributed by atoms with Gasteiger partial charge in [0.15, 0.2) is 5.17 Å². The summed E-state index contributed by atoms with van der Waals surface area (Å²) in [6.07, 6.45) is 0.657. The summed E-state index contributed by atoms with van der Waals surface area (Å²) in [5, 5.41) is 11.6. The Labute approximate surface area is 165 Å². The standard InChI is InChI=1S/C19H18BrN3O2S/c1-12(14-5-9-16(25-2)10-6-14)22-23-19-21-18(24)17(26-19)11-13-3-7-15(20)8-4-13/h3-10,17H,11H2,1-2H3,(H,21,23,24)/b22-12+/t17-/m0/s1. The molecule has 3 rings (SSSR count). The van der Waals surface area contributed by atoms with Gasteiger partial charge < -0.3 is 10.1 Å². The number of carbonyl (C=O) groups excluding carboxylic acids is 1. The number of amidine groups is 1. The van der Waals surface area contributed by atoms with Crippen LogP contribution in [0.3, 0.4) is 0 Å². The minimum absolute atomic E-state index is 0.0334. The molecule has 0 aromatic heterocycles. The highest BCUT2D eigenvalue weighted by Gasteiger charge is 2.30. The molecule has 1 heterocycles. The molecule has 26 heavy (non-hydrogen) atoms. The third-order valence-corrected chi connectivity index (χ3v) is 5.51. The summed E-state index contributed by atoms with van der Waals surface area (Å²) in [4.78, 5) is 12.2. The van der Waals surface area contributed by atoms with Crippen LogP contribution in [0.4, 0.5) is 0 Å². The fourth-order valence-corrected chi connectivity index (χ4v) is 3.65. The van der Waals surface area contributed by atoms with Crippen LogP contribution >= 0.6 is 27.7 Å². The Hall–Kier alpha value is -2.12. The highest BCUT2D eigenvalue weighted by atomic mass is 79.9. The van der Waals surface area contributed by atoms with Gasteiger partial charge in [-0.1, -0.05) is 39.8 Å². The quantitative estimate of drug-likeness (QED) is 0.574. The van der Waals surface area contributed by atoms with E-state index < -0.39 is 0 Å². The highest BCUT2D eigenvalue weighted by Crippen LogP contribution is 2.24. The second-order valence-electron chi connectivity index (χ2n) is 5.75. The van der Waals surface area contributed by atoms with E-state index in [0.717, 1.165) is 27.1 Å². The first-order valence-corrected chi connectivity index (χ1v) is 9.71. The van der Waals surface area contributed by atoms with E-state index in [1.54, 1.807) is 7.11 Å². The molecule has 134 valence electrons. The molecule has 5 nitrogen and oxygen atoms in total. The predicted octanol–water partition coefficient (Wildman–Crippen LogP) is 4.01. The molecule has 2 aromatic carbocycles. The number of hydrogen-bond acceptors (Lipinski definition) is 5. The molecular weight excluding hydrogens is 414 g/mol. The lowest BCUT2D eigenvalue weighted by Crippen LogP contribution is -2.25. The Morgan fingerprint density at radius 3 is 2.54 bits per heavy atom. The first-order chi connectivity index (χ1) is 12.5. The summed E-state index contributed by atoms with van der Waals surface area (Å²) in [5.41, 5.74) is 2.84. The van der Waals surface area contributed by atoms with Gasteiger partial charge in [0.1, 0.15) is 5.75 Å². The maximum absolute atomic E-state index is 12.2. The summed E-state index contributed by atoms with van der Waals surface area (Å²) in [5.74, 6) is 0.760. The van der Waals surface area contributed by atoms with Crippen molar-refractivity contribution in [3.05, 3.63) is 64.1 Å². The summed E-state index contributed by atoms with van der Waals surface area (Å²) >= 11 is 4.83. The number of nitrogens with zero attached hydrogens (tertiary/aromatic N) is 2. The number of benzene rings is 2. The zero-order valence-electron chi connectivity index (χ0n) is 14.4. The smallest absolute Gasteiger partial charge is 0.239 e. The van der Waals surface area contributed by atoms with Gasteiger partial charge in [-0.2, -0.15) is 5.10 Å². The van der Waals surface area contributed by atoms with Crippen molar-refractivity contribution in [1.82, 2.24) is 5.32 Å². The maximum atomic E-state index is 12.2. The largest absolute Gasteiger partial charge is 0.497 e. The molecular formula is C19H18BrN3O2S. The number of nitrogens with one attached hydrogen (secondary N) is 1. The second kappa shape index (κ2) is 8.51. The van der Waals surface area contributed by atoms with Gasteiger partial charge in [-0.05, 0) is 60.9 Å². The van der Waals surface area contributed by atoms with Crippen LogP contribution in [0.1, 0.15) is 18.1 Å². The number of ether oxygens (including phenoxy) is 1. The number of hydrogen-bond donors (Lipinski definition) is 1. The van der Waals surface area contributed by atoms with Gasteiger partial charge in [0.2, 0.25) is 5.91 Å². The number of amides is 1. The van der Waals surface area contributed by atoms with Gasteiger partial charge in [-0.25, -0.2) is 0 Å². The van der Waals surface area contributed by atoms with Crippen LogP contribution in [0.2, 0.25) is 0 Å². The molecule has 2 aromatic rings. The number of carbonyl (C=O) groups is 1. The molecule has 1 atom stereocenters. The van der Waals surface area contributed by atoms with Crippen LogP contribution in [-0.2, 0) is 11.2 Å². The van der Waals surface area contributed by atoms with Gasteiger partial charge in [-0.3, -0.25) is 4.79 Å². The molecule has 0 spiro atoms. The monoisotopic (exact) mass is 431 g/mol. The van der Waals surface area contributed by atoms with Crippen molar-refractivity contribution in [2.24, 2.45) is 10.2 Å². The average molecular weight is 432 g/mol. The number of methoxy groups -OCH3 is 1. The number of rotatable bonds is 5. The fourth-order valence-electron chi connectivity index (χ4n) is 2.43. The molecule has 0 aliphatic carbocycles. The van der Waals surface area contributed by atoms with Crippen LogP contribution in [-0.4, -0.2) is 29.1 Å². The van der Waals surface area contributed by atoms with Crippen molar-refractivity contribution in [3.63, 3.8) is 0 Å². The van der Waals surface area contributed by atoms with E-state index in [-0.39, 0.29) is 11.2 Å². The topological polar surface area (TPSA) is 63.1 Å².